The van der Waals surface area contributed by atoms with Gasteiger partial charge in [-0.3, -0.25) is 14.7 Å². The summed E-state index contributed by atoms with van der Waals surface area (Å²) in [5.74, 6) is -1.00. The molecule has 13 heteroatoms. The van der Waals surface area contributed by atoms with E-state index >= 15 is 0 Å². The van der Waals surface area contributed by atoms with Crippen LogP contribution in [-0.4, -0.2) is 76.2 Å². The SMILES string of the molecule is NC(N)=NC(C(=O)NCC(=O)N1CCC(c2cc(-c3ccc(OCC(=O)O)cc3Cl)n[nH]2)CC1)C1CCCCC1. The van der Waals surface area contributed by atoms with Crippen molar-refractivity contribution in [3.05, 3.63) is 35.0 Å². The van der Waals surface area contributed by atoms with Gasteiger partial charge in [-0.05, 0) is 55.9 Å². The molecule has 2 aliphatic rings. The lowest BCUT2D eigenvalue weighted by Gasteiger charge is -2.32. The van der Waals surface area contributed by atoms with E-state index in [1.54, 1.807) is 23.1 Å². The molecule has 1 saturated carbocycles. The molecule has 2 fully saturated rings. The Balaban J connectivity index is 1.28. The smallest absolute Gasteiger partial charge is 0.341 e. The summed E-state index contributed by atoms with van der Waals surface area (Å²) in [6.45, 7) is 0.578. The summed E-state index contributed by atoms with van der Waals surface area (Å²) >= 11 is 6.39. The summed E-state index contributed by atoms with van der Waals surface area (Å²) < 4.78 is 5.17. The third-order valence-corrected chi connectivity index (χ3v) is 7.84. The number of aromatic amines is 1. The number of carbonyl (C=O) groups is 3. The molecule has 7 N–H and O–H groups in total. The number of aliphatic carboxylic acids is 1. The normalized spacial score (nSPS) is 17.2. The highest BCUT2D eigenvalue weighted by atomic mass is 35.5. The van der Waals surface area contributed by atoms with Gasteiger partial charge in [-0.15, -0.1) is 0 Å². The van der Waals surface area contributed by atoms with Crippen LogP contribution in [0.2, 0.25) is 5.02 Å². The Hall–Kier alpha value is -3.80. The predicted molar refractivity (Wildman–Crippen MR) is 150 cm³/mol. The molecule has 0 radical (unpaired) electrons. The summed E-state index contributed by atoms with van der Waals surface area (Å²) in [7, 11) is 0. The average molecular weight is 574 g/mol. The van der Waals surface area contributed by atoms with Crippen molar-refractivity contribution in [3.8, 4) is 17.0 Å². The molecule has 4 rings (SSSR count). The standard InChI is InChI=1S/C27H36ClN7O5/c28-20-12-18(40-15-24(37)38)6-7-19(20)22-13-21(33-34-22)16-8-10-35(11-9-16)23(36)14-31-26(39)25(32-27(29)30)17-4-2-1-3-5-17/h6-7,12-13,16-17,25H,1-5,8-11,14-15H2,(H,31,39)(H,33,34)(H,37,38)(H4,29,30,32). The number of benzene rings is 1. The van der Waals surface area contributed by atoms with Gasteiger partial charge in [0, 0.05) is 30.3 Å². The molecule has 2 amide bonds. The van der Waals surface area contributed by atoms with E-state index in [-0.39, 0.29) is 36.2 Å². The number of nitrogens with zero attached hydrogens (tertiary/aromatic N) is 3. The summed E-state index contributed by atoms with van der Waals surface area (Å²) in [6, 6.07) is 6.22. The minimum atomic E-state index is -1.07. The van der Waals surface area contributed by atoms with Crippen molar-refractivity contribution in [1.29, 1.82) is 0 Å². The van der Waals surface area contributed by atoms with Crippen LogP contribution in [0.25, 0.3) is 11.3 Å². The summed E-state index contributed by atoms with van der Waals surface area (Å²) in [6.07, 6.45) is 6.51. The molecule has 1 atom stereocenters. The number of guanidine groups is 1. The number of ether oxygens (including phenoxy) is 1. The van der Waals surface area contributed by atoms with Crippen LogP contribution in [0, 0.1) is 5.92 Å². The van der Waals surface area contributed by atoms with Gasteiger partial charge in [-0.2, -0.15) is 5.10 Å². The summed E-state index contributed by atoms with van der Waals surface area (Å²) in [4.78, 5) is 42.4. The fourth-order valence-electron chi connectivity index (χ4n) is 5.43. The molecule has 216 valence electrons. The van der Waals surface area contributed by atoms with Crippen molar-refractivity contribution >= 4 is 35.3 Å². The molecule has 2 aromatic rings. The number of nitrogens with two attached hydrogens (primary N) is 2. The van der Waals surface area contributed by atoms with Crippen LogP contribution in [0.3, 0.4) is 0 Å². The van der Waals surface area contributed by atoms with Gasteiger partial charge in [-0.1, -0.05) is 30.9 Å². The van der Waals surface area contributed by atoms with Crippen molar-refractivity contribution in [3.63, 3.8) is 0 Å². The Bertz CT molecular complexity index is 1230. The maximum Gasteiger partial charge on any atom is 0.341 e. The first-order chi connectivity index (χ1) is 19.2. The number of carbonyl (C=O) groups excluding carboxylic acids is 2. The zero-order valence-electron chi connectivity index (χ0n) is 22.3. The van der Waals surface area contributed by atoms with Gasteiger partial charge in [0.25, 0.3) is 0 Å². The monoisotopic (exact) mass is 573 g/mol. The van der Waals surface area contributed by atoms with Gasteiger partial charge in [0.2, 0.25) is 11.8 Å². The Morgan fingerprint density at radius 1 is 1.15 bits per heavy atom. The molecule has 0 spiro atoms. The van der Waals surface area contributed by atoms with Gasteiger partial charge in [-0.25, -0.2) is 9.79 Å². The maximum absolute atomic E-state index is 12.9. The van der Waals surface area contributed by atoms with E-state index in [2.05, 4.69) is 20.5 Å². The molecule has 1 aromatic carbocycles. The second-order valence-electron chi connectivity index (χ2n) is 10.3. The molecule has 2 heterocycles. The molecule has 1 unspecified atom stereocenters. The lowest BCUT2D eigenvalue weighted by molar-refractivity contribution is -0.139. The van der Waals surface area contributed by atoms with E-state index in [1.807, 2.05) is 6.07 Å². The fourth-order valence-corrected chi connectivity index (χ4v) is 5.70. The number of amides is 2. The number of H-pyrrole nitrogens is 1. The molecule has 1 saturated heterocycles. The van der Waals surface area contributed by atoms with Gasteiger partial charge in [0.15, 0.2) is 12.6 Å². The van der Waals surface area contributed by atoms with Crippen LogP contribution in [0.4, 0.5) is 0 Å². The number of piperidine rings is 1. The molecule has 12 nitrogen and oxygen atoms in total. The van der Waals surface area contributed by atoms with Crippen LogP contribution in [0.5, 0.6) is 5.75 Å². The van der Waals surface area contributed by atoms with Crippen molar-refractivity contribution in [1.82, 2.24) is 20.4 Å². The number of aliphatic imine (C=N–C) groups is 1. The Kier molecular flexibility index (Phi) is 9.86. The van der Waals surface area contributed by atoms with Crippen LogP contribution in [-0.2, 0) is 14.4 Å². The lowest BCUT2D eigenvalue weighted by Crippen LogP contribution is -2.47. The maximum atomic E-state index is 12.9. The fraction of sp³-hybridized carbons (Fsp3) is 0.519. The Morgan fingerprint density at radius 2 is 1.88 bits per heavy atom. The second-order valence-corrected chi connectivity index (χ2v) is 10.7. The van der Waals surface area contributed by atoms with Gasteiger partial charge >= 0.3 is 5.97 Å². The van der Waals surface area contributed by atoms with E-state index in [4.69, 9.17) is 32.9 Å². The van der Waals surface area contributed by atoms with Crippen molar-refractivity contribution in [2.75, 3.05) is 26.2 Å². The number of aromatic nitrogens is 2. The van der Waals surface area contributed by atoms with Crippen molar-refractivity contribution in [2.45, 2.75) is 56.9 Å². The lowest BCUT2D eigenvalue weighted by atomic mass is 9.83. The number of likely N-dealkylation sites (tertiary alicyclic amines) is 1. The second kappa shape index (κ2) is 13.5. The third kappa shape index (κ3) is 7.65. The molecule has 1 aromatic heterocycles. The van der Waals surface area contributed by atoms with Crippen LogP contribution < -0.4 is 21.5 Å². The predicted octanol–water partition coefficient (Wildman–Crippen LogP) is 2.24. The number of halogens is 1. The Morgan fingerprint density at radius 3 is 2.52 bits per heavy atom. The number of carboxylic acid groups (broad SMARTS) is 1. The van der Waals surface area contributed by atoms with Crippen LogP contribution in [0.1, 0.15) is 56.6 Å². The first kappa shape index (κ1) is 29.2. The molecular weight excluding hydrogens is 538 g/mol. The van der Waals surface area contributed by atoms with Crippen molar-refractivity contribution < 1.29 is 24.2 Å². The molecule has 40 heavy (non-hydrogen) atoms. The molecule has 1 aliphatic carbocycles. The zero-order valence-corrected chi connectivity index (χ0v) is 23.0. The van der Waals surface area contributed by atoms with E-state index in [0.29, 0.717) is 35.1 Å². The summed E-state index contributed by atoms with van der Waals surface area (Å²) in [5.41, 5.74) is 13.5. The van der Waals surface area contributed by atoms with E-state index < -0.39 is 18.6 Å². The van der Waals surface area contributed by atoms with E-state index in [1.165, 1.54) is 0 Å². The first-order valence-electron chi connectivity index (χ1n) is 13.5. The van der Waals surface area contributed by atoms with Crippen LogP contribution in [0.15, 0.2) is 29.3 Å². The highest BCUT2D eigenvalue weighted by Crippen LogP contribution is 2.34. The third-order valence-electron chi connectivity index (χ3n) is 7.53. The van der Waals surface area contributed by atoms with E-state index in [9.17, 15) is 14.4 Å². The number of carboxylic acids is 1. The molecular formula is C27H36ClN7O5. The molecule has 1 aliphatic heterocycles. The number of hydrogen-bond donors (Lipinski definition) is 5. The van der Waals surface area contributed by atoms with Gasteiger partial charge < -0.3 is 31.5 Å². The number of hydrogen-bond acceptors (Lipinski definition) is 6. The highest BCUT2D eigenvalue weighted by molar-refractivity contribution is 6.33. The minimum Gasteiger partial charge on any atom is -0.482 e. The minimum absolute atomic E-state index is 0.0825. The highest BCUT2D eigenvalue weighted by Gasteiger charge is 2.31. The van der Waals surface area contributed by atoms with Gasteiger partial charge in [0.1, 0.15) is 11.8 Å². The quantitative estimate of drug-likeness (QED) is 0.211. The largest absolute Gasteiger partial charge is 0.482 e. The Labute approximate surface area is 237 Å². The van der Waals surface area contributed by atoms with E-state index in [0.717, 1.165) is 50.6 Å². The number of nitrogens with one attached hydrogen (secondary N) is 2. The summed E-state index contributed by atoms with van der Waals surface area (Å²) in [5, 5.41) is 19.4. The van der Waals surface area contributed by atoms with Crippen molar-refractivity contribution in [2.24, 2.45) is 22.4 Å². The van der Waals surface area contributed by atoms with Gasteiger partial charge in [0.05, 0.1) is 17.3 Å². The molecule has 0 bridgehead atoms. The first-order valence-corrected chi connectivity index (χ1v) is 13.9. The van der Waals surface area contributed by atoms with Crippen LogP contribution >= 0.6 is 11.6 Å². The number of rotatable bonds is 10. The topological polar surface area (TPSA) is 189 Å². The average Bonchev–Trinajstić information content (AvgIpc) is 3.44. The zero-order chi connectivity index (χ0) is 28.6.